The molecule has 1 fully saturated rings. The van der Waals surface area contributed by atoms with E-state index in [-0.39, 0.29) is 22.2 Å². The summed E-state index contributed by atoms with van der Waals surface area (Å²) in [6.45, 7) is 16.9. The lowest BCUT2D eigenvalue weighted by molar-refractivity contribution is -0.226. The molecule has 3 heteroatoms. The molecule has 1 N–H and O–H groups in total. The van der Waals surface area contributed by atoms with Gasteiger partial charge in [-0.2, -0.15) is 12.6 Å². The second-order valence-electron chi connectivity index (χ2n) is 7.57. The molecule has 0 spiro atoms. The van der Waals surface area contributed by atoms with Crippen molar-refractivity contribution in [3.05, 3.63) is 0 Å². The highest BCUT2D eigenvalue weighted by Gasteiger charge is 2.68. The molecule has 0 amide bonds. The minimum atomic E-state index is -0.845. The van der Waals surface area contributed by atoms with Crippen molar-refractivity contribution in [3.8, 4) is 0 Å². The van der Waals surface area contributed by atoms with Crippen molar-refractivity contribution in [3.63, 3.8) is 0 Å². The molecular weight excluding hydrogens is 227 g/mol. The summed E-state index contributed by atoms with van der Waals surface area (Å²) in [5.41, 5.74) is -1.40. The Hall–Kier alpha value is 0.375. The number of rotatable bonds is 0. The van der Waals surface area contributed by atoms with Gasteiger partial charge in [0.25, 0.3) is 0 Å². The van der Waals surface area contributed by atoms with Crippen LogP contribution in [0.5, 0.6) is 0 Å². The fourth-order valence-corrected chi connectivity index (χ4v) is 3.96. The van der Waals surface area contributed by atoms with Crippen LogP contribution < -0.4 is 0 Å². The van der Waals surface area contributed by atoms with E-state index < -0.39 is 10.2 Å². The maximum absolute atomic E-state index is 10.9. The average Bonchev–Trinajstić information content (AvgIpc) is 2.13. The Bertz CT molecular complexity index is 299. The molecule has 2 radical (unpaired) electrons. The Kier molecular flexibility index (Phi) is 3.15. The highest BCUT2D eigenvalue weighted by molar-refractivity contribution is 7.83. The second kappa shape index (κ2) is 3.48. The van der Waals surface area contributed by atoms with Gasteiger partial charge in [-0.05, 0) is 33.7 Å². The third-order valence-electron chi connectivity index (χ3n) is 6.89. The Morgan fingerprint density at radius 3 is 1.59 bits per heavy atom. The van der Waals surface area contributed by atoms with E-state index in [4.69, 9.17) is 20.5 Å². The number of hydrogen-bond donors (Lipinski definition) is 2. The van der Waals surface area contributed by atoms with Crippen LogP contribution in [0.25, 0.3) is 0 Å². The van der Waals surface area contributed by atoms with Gasteiger partial charge < -0.3 is 5.11 Å². The van der Waals surface area contributed by atoms with Crippen LogP contribution in [0.4, 0.5) is 0 Å². The molecule has 98 valence electrons. The van der Waals surface area contributed by atoms with Crippen molar-refractivity contribution >= 4 is 20.5 Å². The third-order valence-corrected chi connectivity index (χ3v) is 7.84. The van der Waals surface area contributed by atoms with Gasteiger partial charge >= 0.3 is 0 Å². The zero-order valence-corrected chi connectivity index (χ0v) is 13.4. The van der Waals surface area contributed by atoms with Gasteiger partial charge in [-0.1, -0.05) is 48.5 Å². The van der Waals surface area contributed by atoms with Gasteiger partial charge in [0.15, 0.2) is 0 Å². The van der Waals surface area contributed by atoms with E-state index >= 15 is 0 Å². The zero-order chi connectivity index (χ0) is 14.1. The zero-order valence-electron chi connectivity index (χ0n) is 12.5. The van der Waals surface area contributed by atoms with Crippen molar-refractivity contribution in [2.75, 3.05) is 0 Å². The summed E-state index contributed by atoms with van der Waals surface area (Å²) in [5, 5.41) is 10.9. The molecule has 1 rings (SSSR count). The summed E-state index contributed by atoms with van der Waals surface area (Å²) in [6.07, 6.45) is 0. The standard InChI is InChI=1S/C14H27BOS/c1-9-13(8,16)11(4,5)10(2,3)12(6,7)14(9,15)17/h9,16-17H,1-8H3. The Balaban J connectivity index is 3.56. The molecule has 0 aromatic carbocycles. The van der Waals surface area contributed by atoms with Crippen LogP contribution in [-0.2, 0) is 0 Å². The van der Waals surface area contributed by atoms with Gasteiger partial charge in [-0.25, -0.2) is 0 Å². The number of aliphatic hydroxyl groups is 1. The molecule has 1 saturated carbocycles. The van der Waals surface area contributed by atoms with Gasteiger partial charge in [0.2, 0.25) is 0 Å². The van der Waals surface area contributed by atoms with Gasteiger partial charge in [-0.3, -0.25) is 0 Å². The van der Waals surface area contributed by atoms with Gasteiger partial charge in [0.05, 0.1) is 13.4 Å². The largest absolute Gasteiger partial charge is 0.389 e. The summed E-state index contributed by atoms with van der Waals surface area (Å²) in [6, 6.07) is 0. The fraction of sp³-hybridized carbons (Fsp3) is 1.00. The lowest BCUT2D eigenvalue weighted by Gasteiger charge is -2.71. The van der Waals surface area contributed by atoms with Crippen LogP contribution >= 0.6 is 12.6 Å². The normalized spacial score (nSPS) is 47.8. The first kappa shape index (κ1) is 15.4. The van der Waals surface area contributed by atoms with Crippen LogP contribution in [0.1, 0.15) is 55.4 Å². The van der Waals surface area contributed by atoms with Crippen molar-refractivity contribution in [1.82, 2.24) is 0 Å². The Labute approximate surface area is 114 Å². The van der Waals surface area contributed by atoms with Crippen LogP contribution in [0.2, 0.25) is 0 Å². The molecule has 0 aromatic rings. The lowest BCUT2D eigenvalue weighted by atomic mass is 9.35. The maximum Gasteiger partial charge on any atom is 0.0902 e. The first-order chi connectivity index (χ1) is 7.15. The summed E-state index contributed by atoms with van der Waals surface area (Å²) in [5.74, 6) is -0.0867. The van der Waals surface area contributed by atoms with E-state index in [1.54, 1.807) is 0 Å². The molecule has 1 aliphatic carbocycles. The van der Waals surface area contributed by atoms with Crippen molar-refractivity contribution in [2.24, 2.45) is 22.2 Å². The molecule has 0 heterocycles. The maximum atomic E-state index is 10.9. The third kappa shape index (κ3) is 1.45. The highest BCUT2D eigenvalue weighted by atomic mass is 32.1. The summed E-state index contributed by atoms with van der Waals surface area (Å²) in [4.78, 5) is 0. The Morgan fingerprint density at radius 2 is 1.24 bits per heavy atom. The first-order valence-corrected chi connectivity index (χ1v) is 6.84. The van der Waals surface area contributed by atoms with E-state index in [1.165, 1.54) is 0 Å². The minimum absolute atomic E-state index is 0.0867. The number of thiol groups is 1. The molecule has 0 saturated heterocycles. The van der Waals surface area contributed by atoms with E-state index in [0.29, 0.717) is 0 Å². The van der Waals surface area contributed by atoms with Crippen molar-refractivity contribution < 1.29 is 5.11 Å². The van der Waals surface area contributed by atoms with E-state index in [2.05, 4.69) is 41.5 Å². The van der Waals surface area contributed by atoms with E-state index in [0.717, 1.165) is 0 Å². The second-order valence-corrected chi connectivity index (χ2v) is 8.31. The van der Waals surface area contributed by atoms with Gasteiger partial charge in [0.1, 0.15) is 0 Å². The van der Waals surface area contributed by atoms with Crippen LogP contribution in [0, 0.1) is 22.2 Å². The molecule has 1 aliphatic rings. The average molecular weight is 254 g/mol. The molecule has 0 aliphatic heterocycles. The molecule has 0 bridgehead atoms. The van der Waals surface area contributed by atoms with Crippen LogP contribution in [0.15, 0.2) is 0 Å². The molecule has 3 atom stereocenters. The minimum Gasteiger partial charge on any atom is -0.389 e. The van der Waals surface area contributed by atoms with Crippen molar-refractivity contribution in [2.45, 2.75) is 65.6 Å². The summed E-state index contributed by atoms with van der Waals surface area (Å²) >= 11 is 4.72. The monoisotopic (exact) mass is 254 g/mol. The van der Waals surface area contributed by atoms with E-state index in [9.17, 15) is 5.11 Å². The van der Waals surface area contributed by atoms with E-state index in [1.807, 2.05) is 13.8 Å². The number of hydrogen-bond acceptors (Lipinski definition) is 2. The molecular formula is C14H27BOS. The quantitative estimate of drug-likeness (QED) is 0.502. The summed E-state index contributed by atoms with van der Waals surface area (Å²) in [7, 11) is 6.48. The van der Waals surface area contributed by atoms with Crippen LogP contribution in [-0.4, -0.2) is 23.2 Å². The predicted octanol–water partition coefficient (Wildman–Crippen LogP) is 3.26. The predicted molar refractivity (Wildman–Crippen MR) is 78.6 cm³/mol. The first-order valence-electron chi connectivity index (χ1n) is 6.39. The smallest absolute Gasteiger partial charge is 0.0902 e. The lowest BCUT2D eigenvalue weighted by Crippen LogP contribution is -2.73. The summed E-state index contributed by atoms with van der Waals surface area (Å²) < 4.78 is -0.699. The highest BCUT2D eigenvalue weighted by Crippen LogP contribution is 2.68. The molecule has 1 nitrogen and oxygen atoms in total. The Morgan fingerprint density at radius 1 is 0.882 bits per heavy atom. The topological polar surface area (TPSA) is 20.2 Å². The molecule has 17 heavy (non-hydrogen) atoms. The van der Waals surface area contributed by atoms with Gasteiger partial charge in [0, 0.05) is 0 Å². The SMILES string of the molecule is [B]C1(S)C(C)C(C)(O)C(C)(C)C(C)(C)C1(C)C. The molecule has 0 aromatic heterocycles. The fourth-order valence-electron chi connectivity index (χ4n) is 3.43. The van der Waals surface area contributed by atoms with Crippen LogP contribution in [0.3, 0.4) is 0 Å². The van der Waals surface area contributed by atoms with Crippen molar-refractivity contribution in [1.29, 1.82) is 0 Å². The molecule has 3 unspecified atom stereocenters. The van der Waals surface area contributed by atoms with Gasteiger partial charge in [-0.15, -0.1) is 0 Å².